The maximum atomic E-state index is 11.9. The van der Waals surface area contributed by atoms with E-state index in [4.69, 9.17) is 4.84 Å². The van der Waals surface area contributed by atoms with Crippen molar-refractivity contribution in [3.05, 3.63) is 0 Å². The van der Waals surface area contributed by atoms with Gasteiger partial charge in [0, 0.05) is 5.41 Å². The largest absolute Gasteiger partial charge is 0.255 e. The number of hydrogen-bond donors (Lipinski definition) is 0. The van der Waals surface area contributed by atoms with Gasteiger partial charge in [-0.25, -0.2) is 8.42 Å². The van der Waals surface area contributed by atoms with Crippen LogP contribution in [0.25, 0.3) is 0 Å². The molecule has 4 rings (SSSR count). The van der Waals surface area contributed by atoms with Crippen LogP contribution in [0.1, 0.15) is 33.1 Å². The van der Waals surface area contributed by atoms with Crippen molar-refractivity contribution in [3.63, 3.8) is 0 Å². The number of sulfonamides is 1. The van der Waals surface area contributed by atoms with E-state index < -0.39 is 15.7 Å². The molecule has 0 radical (unpaired) electrons. The molecule has 4 atom stereocenters. The Morgan fingerprint density at radius 3 is 2.67 bits per heavy atom. The predicted octanol–water partition coefficient (Wildman–Crippen LogP) is 1.10. The van der Waals surface area contributed by atoms with Crippen LogP contribution in [0.5, 0.6) is 0 Å². The molecule has 4 fully saturated rings. The van der Waals surface area contributed by atoms with E-state index in [1.165, 1.54) is 10.9 Å². The average Bonchev–Trinajstić information content (AvgIpc) is 2.70. The molecule has 2 heterocycles. The monoisotopic (exact) mass is 229 g/mol. The molecule has 2 saturated carbocycles. The summed E-state index contributed by atoms with van der Waals surface area (Å²) in [6.45, 7) is 4.44. The smallest absolute Gasteiger partial charge is 0.239 e. The standard InChI is InChI=1S/C10H15NO3S/c1-8(2)7-3-4-9(8)6-15(12,13)11-10(9,5-7)14-11/h7H,3-6H2,1-2H3/t7-,9?,10?,11?/m0/s1. The first-order valence-electron chi connectivity index (χ1n) is 5.58. The van der Waals surface area contributed by atoms with Crippen molar-refractivity contribution in [1.29, 1.82) is 0 Å². The number of nitrogens with zero attached hydrogens (tertiary/aromatic N) is 1. The van der Waals surface area contributed by atoms with Gasteiger partial charge in [0.05, 0.1) is 5.75 Å². The van der Waals surface area contributed by atoms with Crippen LogP contribution in [-0.2, 0) is 14.9 Å². The van der Waals surface area contributed by atoms with Crippen LogP contribution >= 0.6 is 0 Å². The van der Waals surface area contributed by atoms with Crippen molar-refractivity contribution in [2.75, 3.05) is 5.75 Å². The van der Waals surface area contributed by atoms with Gasteiger partial charge in [-0.1, -0.05) is 13.8 Å². The van der Waals surface area contributed by atoms with Gasteiger partial charge in [0.25, 0.3) is 0 Å². The fourth-order valence-corrected chi connectivity index (χ4v) is 7.01. The lowest BCUT2D eigenvalue weighted by Gasteiger charge is -2.36. The van der Waals surface area contributed by atoms with E-state index in [0.29, 0.717) is 11.7 Å². The van der Waals surface area contributed by atoms with E-state index in [9.17, 15) is 8.42 Å². The molecule has 0 N–H and O–H groups in total. The van der Waals surface area contributed by atoms with Crippen LogP contribution in [-0.4, -0.2) is 24.4 Å². The van der Waals surface area contributed by atoms with Gasteiger partial charge in [-0.05, 0) is 35.1 Å². The molecule has 84 valence electrons. The summed E-state index contributed by atoms with van der Waals surface area (Å²) in [5.41, 5.74) is -0.424. The topological polar surface area (TPSA) is 49.7 Å². The lowest BCUT2D eigenvalue weighted by atomic mass is 9.68. The van der Waals surface area contributed by atoms with E-state index in [1.54, 1.807) is 0 Å². The molecule has 2 saturated heterocycles. The molecule has 0 amide bonds. The third-order valence-electron chi connectivity index (χ3n) is 5.62. The Morgan fingerprint density at radius 1 is 1.40 bits per heavy atom. The number of rotatable bonds is 0. The summed E-state index contributed by atoms with van der Waals surface area (Å²) >= 11 is 0. The Hall–Kier alpha value is -0.130. The van der Waals surface area contributed by atoms with Crippen LogP contribution in [0.2, 0.25) is 0 Å². The van der Waals surface area contributed by atoms with Crippen molar-refractivity contribution in [1.82, 2.24) is 4.47 Å². The third-order valence-corrected chi connectivity index (χ3v) is 7.35. The highest BCUT2D eigenvalue weighted by atomic mass is 32.2. The summed E-state index contributed by atoms with van der Waals surface area (Å²) in [6.07, 6.45) is 3.10. The second-order valence-corrected chi connectivity index (χ2v) is 7.89. The summed E-state index contributed by atoms with van der Waals surface area (Å²) in [5, 5.41) is 0. The highest BCUT2D eigenvalue weighted by Gasteiger charge is 2.88. The Labute approximate surface area is 89.6 Å². The van der Waals surface area contributed by atoms with Crippen LogP contribution in [0.4, 0.5) is 0 Å². The Bertz CT molecular complexity index is 471. The molecule has 2 aliphatic carbocycles. The van der Waals surface area contributed by atoms with Crippen LogP contribution in [0, 0.1) is 16.7 Å². The van der Waals surface area contributed by atoms with E-state index in [1.807, 2.05) is 0 Å². The summed E-state index contributed by atoms with van der Waals surface area (Å²) in [4.78, 5) is 5.49. The molecular formula is C10H15NO3S. The maximum Gasteiger partial charge on any atom is 0.239 e. The number of hydrogen-bond acceptors (Lipinski definition) is 3. The Morgan fingerprint density at radius 2 is 2.13 bits per heavy atom. The first-order valence-corrected chi connectivity index (χ1v) is 7.19. The molecule has 0 aromatic rings. The predicted molar refractivity (Wildman–Crippen MR) is 53.0 cm³/mol. The fourth-order valence-electron chi connectivity index (χ4n) is 4.59. The van der Waals surface area contributed by atoms with Crippen LogP contribution in [0.3, 0.4) is 0 Å². The van der Waals surface area contributed by atoms with Gasteiger partial charge in [0.15, 0.2) is 5.72 Å². The van der Waals surface area contributed by atoms with Crippen molar-refractivity contribution < 1.29 is 13.3 Å². The van der Waals surface area contributed by atoms with Gasteiger partial charge < -0.3 is 0 Å². The molecule has 2 aliphatic heterocycles. The molecule has 4 nitrogen and oxygen atoms in total. The van der Waals surface area contributed by atoms with E-state index in [-0.39, 0.29) is 10.8 Å². The van der Waals surface area contributed by atoms with Gasteiger partial charge >= 0.3 is 0 Å². The average molecular weight is 229 g/mol. The normalized spacial score (nSPS) is 61.5. The minimum atomic E-state index is -3.12. The van der Waals surface area contributed by atoms with Gasteiger partial charge in [-0.3, -0.25) is 4.84 Å². The van der Waals surface area contributed by atoms with Gasteiger partial charge in [-0.2, -0.15) is 0 Å². The molecule has 15 heavy (non-hydrogen) atoms. The van der Waals surface area contributed by atoms with Crippen molar-refractivity contribution in [2.24, 2.45) is 16.7 Å². The second-order valence-electron chi connectivity index (χ2n) is 6.10. The zero-order valence-corrected chi connectivity index (χ0v) is 9.80. The zero-order chi connectivity index (χ0) is 10.7. The van der Waals surface area contributed by atoms with Crippen molar-refractivity contribution in [3.8, 4) is 0 Å². The van der Waals surface area contributed by atoms with E-state index in [0.717, 1.165) is 12.8 Å². The molecule has 2 bridgehead atoms. The lowest BCUT2D eigenvalue weighted by molar-refractivity contribution is 0.0724. The summed E-state index contributed by atoms with van der Waals surface area (Å²) in [5.74, 6) is 0.946. The molecular weight excluding hydrogens is 214 g/mol. The van der Waals surface area contributed by atoms with E-state index in [2.05, 4.69) is 13.8 Å². The Balaban J connectivity index is 1.99. The lowest BCUT2D eigenvalue weighted by Crippen LogP contribution is -2.41. The number of hydroxylamine groups is 1. The van der Waals surface area contributed by atoms with Crippen molar-refractivity contribution >= 4 is 10.0 Å². The molecule has 0 aromatic heterocycles. The first-order chi connectivity index (χ1) is 6.86. The van der Waals surface area contributed by atoms with Gasteiger partial charge in [0.1, 0.15) is 0 Å². The SMILES string of the molecule is CC1(C)[C@H]2CCC13CS(=O)(=O)N1OC13C2. The molecule has 0 aromatic carbocycles. The molecule has 4 aliphatic rings. The molecule has 2 spiro atoms. The molecule has 3 unspecified atom stereocenters. The van der Waals surface area contributed by atoms with Gasteiger partial charge in [0.2, 0.25) is 10.0 Å². The van der Waals surface area contributed by atoms with Gasteiger partial charge in [-0.15, -0.1) is 0 Å². The highest BCUT2D eigenvalue weighted by Crippen LogP contribution is 2.80. The second kappa shape index (κ2) is 1.89. The van der Waals surface area contributed by atoms with Crippen molar-refractivity contribution in [2.45, 2.75) is 38.8 Å². The Kier molecular flexibility index (Phi) is 1.13. The van der Waals surface area contributed by atoms with Crippen LogP contribution < -0.4 is 0 Å². The zero-order valence-electron chi connectivity index (χ0n) is 8.99. The minimum absolute atomic E-state index is 0.116. The summed E-state index contributed by atoms with van der Waals surface area (Å²) in [7, 11) is -3.12. The van der Waals surface area contributed by atoms with E-state index >= 15 is 0 Å². The first kappa shape index (κ1) is 8.96. The van der Waals surface area contributed by atoms with Crippen LogP contribution in [0.15, 0.2) is 0 Å². The third kappa shape index (κ3) is 0.626. The quantitative estimate of drug-likeness (QED) is 0.584. The summed E-state index contributed by atoms with van der Waals surface area (Å²) in [6, 6.07) is 0. The maximum absolute atomic E-state index is 11.9. The highest BCUT2D eigenvalue weighted by molar-refractivity contribution is 7.89. The summed E-state index contributed by atoms with van der Waals surface area (Å²) < 4.78 is 25.1. The molecule has 5 heteroatoms. The fraction of sp³-hybridized carbons (Fsp3) is 1.00. The minimum Gasteiger partial charge on any atom is -0.255 e. The number of fused-ring (bicyclic) bond motifs is 1.